The molecule has 0 aliphatic heterocycles. The molecule has 0 spiro atoms. The van der Waals surface area contributed by atoms with E-state index in [1.807, 2.05) is 0 Å². The molecule has 0 unspecified atom stereocenters. The summed E-state index contributed by atoms with van der Waals surface area (Å²) in [5.41, 5.74) is 0. The Morgan fingerprint density at radius 2 is 0.600 bits per heavy atom. The summed E-state index contributed by atoms with van der Waals surface area (Å²) in [5, 5.41) is 0. The molecule has 0 nitrogen and oxygen atoms in total. The molecule has 0 aliphatic rings. The second kappa shape index (κ2) is 27.1. The first-order chi connectivity index (χ1) is 0. The van der Waals surface area contributed by atoms with Crippen LogP contribution in [0.3, 0.4) is 0 Å². The van der Waals surface area contributed by atoms with E-state index < -0.39 is 0 Å². The topological polar surface area (TPSA) is 0 Å². The number of halogens is 3. The van der Waals surface area contributed by atoms with Gasteiger partial charge in [0.1, 0.15) is 0 Å². The van der Waals surface area contributed by atoms with Gasteiger partial charge in [0.2, 0.25) is 0 Å². The van der Waals surface area contributed by atoms with Gasteiger partial charge in [0.15, 0.2) is 0 Å². The Bertz CT molecular complexity index is 6.85. The van der Waals surface area contributed by atoms with Crippen LogP contribution in [0.25, 0.3) is 0 Å². The molecule has 0 aromatic carbocycles. The minimum atomic E-state index is 0. The van der Waals surface area contributed by atoms with Crippen LogP contribution in [0.4, 0.5) is 0 Å². The van der Waals surface area contributed by atoms with Gasteiger partial charge in [0, 0.05) is 0 Å². The molecule has 0 saturated carbocycles. The maximum Gasteiger partial charge on any atom is 2.00 e. The SMILES string of the molecule is [Cl-].[Cl-].[Cl-].[Mn+2].[Rb+]. The first-order valence-corrected chi connectivity index (χ1v) is 0. The molecule has 0 aliphatic carbocycles. The van der Waals surface area contributed by atoms with Crippen molar-refractivity contribution in [3.8, 4) is 0 Å². The van der Waals surface area contributed by atoms with Crippen LogP contribution in [0.1, 0.15) is 0 Å². The van der Waals surface area contributed by atoms with Crippen LogP contribution in [-0.4, -0.2) is 0 Å². The predicted molar refractivity (Wildman–Crippen MR) is 0 cm³/mol. The van der Waals surface area contributed by atoms with Crippen LogP contribution in [0.5, 0.6) is 0 Å². The van der Waals surface area contributed by atoms with Crippen molar-refractivity contribution >= 4 is 0 Å². The molecule has 0 amide bonds. The Labute approximate surface area is 110 Å². The second-order valence-corrected chi connectivity index (χ2v) is 0. The van der Waals surface area contributed by atoms with Crippen LogP contribution in [0, 0.1) is 0 Å². The van der Waals surface area contributed by atoms with Crippen LogP contribution in [-0.2, 0) is 17.1 Å². The van der Waals surface area contributed by atoms with E-state index in [1.165, 1.54) is 0 Å². The fraction of sp³-hybridized carbons (Fsp3) is 0. The third-order valence-corrected chi connectivity index (χ3v) is 0. The van der Waals surface area contributed by atoms with E-state index in [1.54, 1.807) is 0 Å². The molecule has 5 heavy (non-hydrogen) atoms. The Balaban J connectivity index is 0. The molecule has 0 atom stereocenters. The van der Waals surface area contributed by atoms with Gasteiger partial charge in [-0.25, -0.2) is 0 Å². The molecule has 0 heterocycles. The molecule has 0 bridgehead atoms. The standard InChI is InChI=1S/3ClH.Mn.Rb/h3*1H;;/q;;;+2;+1/p-3. The molecule has 0 rings (SSSR count). The zero-order chi connectivity index (χ0) is 0. The minimum absolute atomic E-state index is 0. The molecular weight excluding hydrogens is 247 g/mol. The molecule has 0 aromatic rings. The van der Waals surface area contributed by atoms with E-state index in [9.17, 15) is 0 Å². The van der Waals surface area contributed by atoms with Crippen molar-refractivity contribution in [2.24, 2.45) is 0 Å². The summed E-state index contributed by atoms with van der Waals surface area (Å²) < 4.78 is 0. The van der Waals surface area contributed by atoms with E-state index in [-0.39, 0.29) is 112 Å². The molecule has 0 N–H and O–H groups in total. The first kappa shape index (κ1) is 41.6. The van der Waals surface area contributed by atoms with Gasteiger partial charge >= 0.3 is 75.3 Å². The van der Waals surface area contributed by atoms with Gasteiger partial charge in [-0.1, -0.05) is 0 Å². The predicted octanol–water partition coefficient (Wildman–Crippen LogP) is -12.0. The Morgan fingerprint density at radius 1 is 0.600 bits per heavy atom. The van der Waals surface area contributed by atoms with Crippen LogP contribution >= 0.6 is 0 Å². The van der Waals surface area contributed by atoms with Crippen molar-refractivity contribution < 1.29 is 112 Å². The van der Waals surface area contributed by atoms with Gasteiger partial charge in [-0.3, -0.25) is 0 Å². The summed E-state index contributed by atoms with van der Waals surface area (Å²) >= 11 is 0. The van der Waals surface area contributed by atoms with E-state index >= 15 is 0 Å². The first-order valence-electron chi connectivity index (χ1n) is 0. The van der Waals surface area contributed by atoms with Gasteiger partial charge in [0.05, 0.1) is 0 Å². The van der Waals surface area contributed by atoms with E-state index in [0.29, 0.717) is 0 Å². The van der Waals surface area contributed by atoms with Crippen molar-refractivity contribution in [1.29, 1.82) is 0 Å². The van der Waals surface area contributed by atoms with E-state index in [2.05, 4.69) is 0 Å². The minimum Gasteiger partial charge on any atom is -1.00 e. The van der Waals surface area contributed by atoms with Gasteiger partial charge in [0.25, 0.3) is 0 Å². The summed E-state index contributed by atoms with van der Waals surface area (Å²) in [5.74, 6) is 0. The molecule has 0 fully saturated rings. The van der Waals surface area contributed by atoms with Crippen molar-refractivity contribution in [2.45, 2.75) is 0 Å². The molecular formula is Cl3MnRb. The van der Waals surface area contributed by atoms with Crippen molar-refractivity contribution in [2.75, 3.05) is 0 Å². The summed E-state index contributed by atoms with van der Waals surface area (Å²) in [7, 11) is 0. The van der Waals surface area contributed by atoms with E-state index in [0.717, 1.165) is 0 Å². The summed E-state index contributed by atoms with van der Waals surface area (Å²) in [4.78, 5) is 0. The number of hydrogen-bond acceptors (Lipinski definition) is 0. The Hall–Kier alpha value is 3.19. The second-order valence-electron chi connectivity index (χ2n) is 0. The van der Waals surface area contributed by atoms with Crippen LogP contribution in [0.2, 0.25) is 0 Å². The average molecular weight is 247 g/mol. The Kier molecular flexibility index (Phi) is 225. The summed E-state index contributed by atoms with van der Waals surface area (Å²) in [6.07, 6.45) is 0. The van der Waals surface area contributed by atoms with Gasteiger partial charge in [-0.2, -0.15) is 0 Å². The van der Waals surface area contributed by atoms with Crippen molar-refractivity contribution in [3.05, 3.63) is 0 Å². The van der Waals surface area contributed by atoms with Crippen LogP contribution < -0.4 is 95.4 Å². The smallest absolute Gasteiger partial charge is 1.00 e. The number of rotatable bonds is 0. The fourth-order valence-electron chi connectivity index (χ4n) is 0. The molecule has 1 radical (unpaired) electrons. The zero-order valence-electron chi connectivity index (χ0n) is 2.51. The van der Waals surface area contributed by atoms with Gasteiger partial charge in [-0.15, -0.1) is 0 Å². The quantitative estimate of drug-likeness (QED) is 0.373. The summed E-state index contributed by atoms with van der Waals surface area (Å²) in [6.45, 7) is 0. The molecule has 0 saturated heterocycles. The van der Waals surface area contributed by atoms with Crippen molar-refractivity contribution in [3.63, 3.8) is 0 Å². The zero-order valence-corrected chi connectivity index (χ0v) is 10.9. The average Bonchev–Trinajstić information content (AvgIpc) is 0. The molecule has 5 heteroatoms. The maximum absolute atomic E-state index is 0. The third-order valence-electron chi connectivity index (χ3n) is 0. The molecule has 0 aromatic heterocycles. The largest absolute Gasteiger partial charge is 2.00 e. The normalized spacial score (nSPS) is 0. The van der Waals surface area contributed by atoms with Crippen molar-refractivity contribution in [1.82, 2.24) is 0 Å². The van der Waals surface area contributed by atoms with E-state index in [4.69, 9.17) is 0 Å². The van der Waals surface area contributed by atoms with Crippen LogP contribution in [0.15, 0.2) is 0 Å². The van der Waals surface area contributed by atoms with Gasteiger partial charge in [-0.05, 0) is 0 Å². The Morgan fingerprint density at radius 3 is 0.600 bits per heavy atom. The monoisotopic (exact) mass is 245 g/mol. The summed E-state index contributed by atoms with van der Waals surface area (Å²) in [6, 6.07) is 0. The fourth-order valence-corrected chi connectivity index (χ4v) is 0. The number of hydrogen-bond donors (Lipinski definition) is 0. The van der Waals surface area contributed by atoms with Gasteiger partial charge < -0.3 is 37.2 Å². The maximum atomic E-state index is 0. The molecule has 29 valence electrons. The third kappa shape index (κ3) is 19.0.